The average molecular weight is 237 g/mol. The summed E-state index contributed by atoms with van der Waals surface area (Å²) in [5, 5.41) is 10.3. The fraction of sp³-hybridized carbons (Fsp3) is 0.538. The van der Waals surface area contributed by atoms with E-state index < -0.39 is 0 Å². The molecular formula is C13H19NOS. The molecule has 3 heteroatoms. The molecule has 2 atom stereocenters. The molecule has 0 amide bonds. The van der Waals surface area contributed by atoms with Gasteiger partial charge in [-0.1, -0.05) is 25.0 Å². The molecule has 1 saturated carbocycles. The van der Waals surface area contributed by atoms with Gasteiger partial charge in [-0.05, 0) is 31.4 Å². The number of anilines is 1. The minimum Gasteiger partial charge on any atom is -0.398 e. The molecule has 1 aliphatic rings. The van der Waals surface area contributed by atoms with Crippen molar-refractivity contribution in [1.82, 2.24) is 0 Å². The molecule has 0 aromatic heterocycles. The lowest BCUT2D eigenvalue weighted by atomic mass is 9.97. The number of benzene rings is 1. The van der Waals surface area contributed by atoms with Crippen molar-refractivity contribution in [3.8, 4) is 0 Å². The molecule has 1 fully saturated rings. The van der Waals surface area contributed by atoms with E-state index in [1.165, 1.54) is 12.0 Å². The topological polar surface area (TPSA) is 46.2 Å². The number of nitrogens with two attached hydrogens (primary N) is 1. The summed E-state index contributed by atoms with van der Waals surface area (Å²) in [4.78, 5) is 1.15. The van der Waals surface area contributed by atoms with E-state index in [4.69, 9.17) is 5.73 Å². The smallest absolute Gasteiger partial charge is 0.0662 e. The second-order valence-electron chi connectivity index (χ2n) is 4.50. The van der Waals surface area contributed by atoms with E-state index in [2.05, 4.69) is 13.0 Å². The number of rotatable bonds is 2. The van der Waals surface area contributed by atoms with E-state index in [9.17, 15) is 5.11 Å². The minimum atomic E-state index is -0.169. The zero-order valence-electron chi connectivity index (χ0n) is 9.65. The third kappa shape index (κ3) is 2.53. The SMILES string of the molecule is Cc1cccc(N)c1S[C@@H]1CCCC[C@H]1O. The first-order valence-corrected chi connectivity index (χ1v) is 6.76. The molecule has 0 bridgehead atoms. The molecule has 0 spiro atoms. The van der Waals surface area contributed by atoms with Gasteiger partial charge in [0.05, 0.1) is 6.10 Å². The van der Waals surface area contributed by atoms with Crippen molar-refractivity contribution in [2.75, 3.05) is 5.73 Å². The van der Waals surface area contributed by atoms with Gasteiger partial charge in [0.1, 0.15) is 0 Å². The van der Waals surface area contributed by atoms with Crippen LogP contribution in [0.15, 0.2) is 23.1 Å². The van der Waals surface area contributed by atoms with Gasteiger partial charge in [0, 0.05) is 15.8 Å². The van der Waals surface area contributed by atoms with Crippen LogP contribution in [0.25, 0.3) is 0 Å². The predicted octanol–water partition coefficient (Wildman–Crippen LogP) is 2.97. The molecule has 3 N–H and O–H groups in total. The number of hydrogen-bond acceptors (Lipinski definition) is 3. The molecule has 0 aliphatic heterocycles. The molecule has 88 valence electrons. The molecule has 0 saturated heterocycles. The molecule has 2 rings (SSSR count). The maximum Gasteiger partial charge on any atom is 0.0662 e. The van der Waals surface area contributed by atoms with Crippen LogP contribution < -0.4 is 5.73 Å². The highest BCUT2D eigenvalue weighted by Gasteiger charge is 2.24. The summed E-state index contributed by atoms with van der Waals surface area (Å²) in [5.41, 5.74) is 8.03. The van der Waals surface area contributed by atoms with Crippen LogP contribution in [0.2, 0.25) is 0 Å². The standard InChI is InChI=1S/C13H19NOS/c1-9-5-4-6-10(14)13(9)16-12-8-3-2-7-11(12)15/h4-6,11-12,15H,2-3,7-8,14H2,1H3/t11-,12-/m1/s1. The number of aliphatic hydroxyl groups excluding tert-OH is 1. The van der Waals surface area contributed by atoms with Crippen LogP contribution in [0.4, 0.5) is 5.69 Å². The molecule has 2 nitrogen and oxygen atoms in total. The number of aliphatic hydroxyl groups is 1. The second-order valence-corrected chi connectivity index (χ2v) is 5.75. The first-order chi connectivity index (χ1) is 7.68. The van der Waals surface area contributed by atoms with Gasteiger partial charge in [-0.15, -0.1) is 11.8 Å². The Balaban J connectivity index is 2.13. The molecule has 0 radical (unpaired) electrons. The van der Waals surface area contributed by atoms with E-state index >= 15 is 0 Å². The van der Waals surface area contributed by atoms with Crippen LogP contribution in [0, 0.1) is 6.92 Å². The Hall–Kier alpha value is -0.670. The summed E-state index contributed by atoms with van der Waals surface area (Å²) in [5.74, 6) is 0. The van der Waals surface area contributed by atoms with Gasteiger partial charge in [0.25, 0.3) is 0 Å². The monoisotopic (exact) mass is 237 g/mol. The van der Waals surface area contributed by atoms with E-state index in [0.29, 0.717) is 5.25 Å². The summed E-state index contributed by atoms with van der Waals surface area (Å²) in [6, 6.07) is 5.99. The Bertz CT molecular complexity index is 347. The van der Waals surface area contributed by atoms with Crippen molar-refractivity contribution >= 4 is 17.4 Å². The van der Waals surface area contributed by atoms with E-state index in [1.54, 1.807) is 11.8 Å². The summed E-state index contributed by atoms with van der Waals surface area (Å²) in [6.45, 7) is 2.08. The van der Waals surface area contributed by atoms with Crippen molar-refractivity contribution in [2.45, 2.75) is 48.9 Å². The molecular weight excluding hydrogens is 218 g/mol. The number of hydrogen-bond donors (Lipinski definition) is 2. The molecule has 1 aromatic rings. The van der Waals surface area contributed by atoms with Gasteiger partial charge < -0.3 is 10.8 Å². The fourth-order valence-corrected chi connectivity index (χ4v) is 3.54. The highest BCUT2D eigenvalue weighted by Crippen LogP contribution is 2.38. The van der Waals surface area contributed by atoms with Crippen LogP contribution in [0.1, 0.15) is 31.2 Å². The maximum atomic E-state index is 9.95. The van der Waals surface area contributed by atoms with Crippen LogP contribution in [-0.2, 0) is 0 Å². The van der Waals surface area contributed by atoms with Crippen molar-refractivity contribution in [3.63, 3.8) is 0 Å². The predicted molar refractivity (Wildman–Crippen MR) is 69.7 cm³/mol. The summed E-state index contributed by atoms with van der Waals surface area (Å²) >= 11 is 1.75. The zero-order valence-corrected chi connectivity index (χ0v) is 10.5. The molecule has 0 heterocycles. The molecule has 16 heavy (non-hydrogen) atoms. The van der Waals surface area contributed by atoms with Gasteiger partial charge >= 0.3 is 0 Å². The molecule has 1 aliphatic carbocycles. The third-order valence-corrected chi connectivity index (χ3v) is 4.83. The highest BCUT2D eigenvalue weighted by molar-refractivity contribution is 8.00. The Morgan fingerprint density at radius 1 is 1.31 bits per heavy atom. The van der Waals surface area contributed by atoms with Crippen LogP contribution in [0.3, 0.4) is 0 Å². The summed E-state index contributed by atoms with van der Waals surface area (Å²) < 4.78 is 0. The summed E-state index contributed by atoms with van der Waals surface area (Å²) in [6.07, 6.45) is 4.24. The first-order valence-electron chi connectivity index (χ1n) is 5.88. The lowest BCUT2D eigenvalue weighted by Gasteiger charge is -2.27. The van der Waals surface area contributed by atoms with Crippen molar-refractivity contribution in [1.29, 1.82) is 0 Å². The average Bonchev–Trinajstić information content (AvgIpc) is 2.26. The quantitative estimate of drug-likeness (QED) is 0.777. The Morgan fingerprint density at radius 2 is 2.06 bits per heavy atom. The number of thioether (sulfide) groups is 1. The first kappa shape index (κ1) is 11.8. The Labute approximate surface area is 101 Å². The number of aryl methyl sites for hydroxylation is 1. The number of nitrogen functional groups attached to an aromatic ring is 1. The third-order valence-electron chi connectivity index (χ3n) is 3.18. The fourth-order valence-electron chi connectivity index (χ4n) is 2.20. The van der Waals surface area contributed by atoms with Crippen LogP contribution in [-0.4, -0.2) is 16.5 Å². The van der Waals surface area contributed by atoms with Crippen molar-refractivity contribution in [3.05, 3.63) is 23.8 Å². The zero-order chi connectivity index (χ0) is 11.5. The minimum absolute atomic E-state index is 0.169. The Kier molecular flexibility index (Phi) is 3.77. The van der Waals surface area contributed by atoms with Gasteiger partial charge in [-0.2, -0.15) is 0 Å². The molecule has 1 aromatic carbocycles. The summed E-state index contributed by atoms with van der Waals surface area (Å²) in [7, 11) is 0. The van der Waals surface area contributed by atoms with Crippen molar-refractivity contribution in [2.24, 2.45) is 0 Å². The Morgan fingerprint density at radius 3 is 2.75 bits per heavy atom. The van der Waals surface area contributed by atoms with Crippen molar-refractivity contribution < 1.29 is 5.11 Å². The highest BCUT2D eigenvalue weighted by atomic mass is 32.2. The van der Waals surface area contributed by atoms with E-state index in [1.807, 2.05) is 12.1 Å². The second kappa shape index (κ2) is 5.11. The normalized spacial score (nSPS) is 25.6. The van der Waals surface area contributed by atoms with Crippen LogP contribution >= 0.6 is 11.8 Å². The lowest BCUT2D eigenvalue weighted by molar-refractivity contribution is 0.137. The van der Waals surface area contributed by atoms with Gasteiger partial charge in [0.15, 0.2) is 0 Å². The maximum absolute atomic E-state index is 9.95. The lowest BCUT2D eigenvalue weighted by Crippen LogP contribution is -2.26. The molecule has 0 unspecified atom stereocenters. The largest absolute Gasteiger partial charge is 0.398 e. The van der Waals surface area contributed by atoms with Crippen LogP contribution in [0.5, 0.6) is 0 Å². The van der Waals surface area contributed by atoms with Gasteiger partial charge in [0.2, 0.25) is 0 Å². The van der Waals surface area contributed by atoms with Gasteiger partial charge in [-0.3, -0.25) is 0 Å². The van der Waals surface area contributed by atoms with Gasteiger partial charge in [-0.25, -0.2) is 0 Å². The van der Waals surface area contributed by atoms with E-state index in [-0.39, 0.29) is 6.10 Å². The van der Waals surface area contributed by atoms with E-state index in [0.717, 1.165) is 29.8 Å².